The quantitative estimate of drug-likeness (QED) is 0.650. The number of ether oxygens (including phenoxy) is 1. The zero-order chi connectivity index (χ0) is 8.97. The lowest BCUT2D eigenvalue weighted by atomic mass is 10.3. The highest BCUT2D eigenvalue weighted by Gasteiger charge is 2.04. The molecule has 0 aromatic heterocycles. The molecule has 1 rings (SSSR count). The molecule has 0 unspecified atom stereocenters. The van der Waals surface area contributed by atoms with Crippen LogP contribution in [0.2, 0.25) is 0 Å². The molecule has 64 valence electrons. The summed E-state index contributed by atoms with van der Waals surface area (Å²) >= 11 is 4.69. The minimum Gasteiger partial charge on any atom is -0.429 e. The van der Waals surface area contributed by atoms with Crippen LogP contribution in [0.25, 0.3) is 0 Å². The molecule has 12 heavy (non-hydrogen) atoms. The van der Waals surface area contributed by atoms with Gasteiger partial charge in [-0.3, -0.25) is 0 Å². The van der Waals surface area contributed by atoms with Crippen molar-refractivity contribution in [1.29, 1.82) is 0 Å². The summed E-state index contributed by atoms with van der Waals surface area (Å²) in [5.41, 5.74) is 0. The standard InChI is InChI=1S/C8H5ClF2O/c9-7(10)8(11)12-6-4-2-1-3-5-6/h1-5H/b8-7-. The first kappa shape index (κ1) is 9.00. The molecule has 0 atom stereocenters. The van der Waals surface area contributed by atoms with Crippen molar-refractivity contribution >= 4 is 11.6 Å². The average molecular weight is 191 g/mol. The lowest BCUT2D eigenvalue weighted by Gasteiger charge is -2.00. The molecule has 0 amide bonds. The smallest absolute Gasteiger partial charge is 0.326 e. The van der Waals surface area contributed by atoms with Gasteiger partial charge in [0.1, 0.15) is 5.75 Å². The van der Waals surface area contributed by atoms with Crippen molar-refractivity contribution in [3.05, 3.63) is 41.6 Å². The Kier molecular flexibility index (Phi) is 3.05. The van der Waals surface area contributed by atoms with Gasteiger partial charge >= 0.3 is 6.01 Å². The van der Waals surface area contributed by atoms with Gasteiger partial charge in [-0.25, -0.2) is 0 Å². The molecule has 0 fully saturated rings. The normalized spacial score (nSPS) is 12.2. The van der Waals surface area contributed by atoms with Crippen LogP contribution in [0, 0.1) is 0 Å². The summed E-state index contributed by atoms with van der Waals surface area (Å²) in [6, 6.07) is 6.54. The number of para-hydroxylation sites is 1. The van der Waals surface area contributed by atoms with Crippen molar-refractivity contribution in [2.75, 3.05) is 0 Å². The molecule has 0 saturated heterocycles. The summed E-state index contributed by atoms with van der Waals surface area (Å²) in [6.07, 6.45) is 0. The Bertz CT molecular complexity index is 280. The van der Waals surface area contributed by atoms with Crippen molar-refractivity contribution < 1.29 is 13.5 Å². The van der Waals surface area contributed by atoms with Gasteiger partial charge < -0.3 is 4.74 Å². The van der Waals surface area contributed by atoms with Gasteiger partial charge in [-0.15, -0.1) is 0 Å². The summed E-state index contributed by atoms with van der Waals surface area (Å²) < 4.78 is 28.7. The summed E-state index contributed by atoms with van der Waals surface area (Å²) in [5.74, 6) is 0.200. The third-order valence-electron chi connectivity index (χ3n) is 1.10. The van der Waals surface area contributed by atoms with E-state index in [-0.39, 0.29) is 5.75 Å². The summed E-state index contributed by atoms with van der Waals surface area (Å²) in [4.78, 5) is 0. The third kappa shape index (κ3) is 2.51. The van der Waals surface area contributed by atoms with Crippen LogP contribution in [-0.4, -0.2) is 0 Å². The zero-order valence-electron chi connectivity index (χ0n) is 5.93. The van der Waals surface area contributed by atoms with Gasteiger partial charge in [0, 0.05) is 0 Å². The maximum absolute atomic E-state index is 12.4. The van der Waals surface area contributed by atoms with E-state index in [2.05, 4.69) is 4.74 Å². The average Bonchev–Trinajstić information content (AvgIpc) is 2.06. The number of hydrogen-bond donors (Lipinski definition) is 0. The Morgan fingerprint density at radius 3 is 2.25 bits per heavy atom. The molecule has 1 aromatic rings. The highest BCUT2D eigenvalue weighted by molar-refractivity contribution is 6.28. The van der Waals surface area contributed by atoms with Gasteiger partial charge in [-0.05, 0) is 23.7 Å². The van der Waals surface area contributed by atoms with Crippen LogP contribution in [0.4, 0.5) is 8.78 Å². The zero-order valence-corrected chi connectivity index (χ0v) is 6.68. The van der Waals surface area contributed by atoms with E-state index in [0.717, 1.165) is 0 Å². The summed E-state index contributed by atoms with van der Waals surface area (Å²) in [7, 11) is 0. The van der Waals surface area contributed by atoms with E-state index in [9.17, 15) is 8.78 Å². The molecule has 0 N–H and O–H groups in total. The number of halogens is 3. The summed E-state index contributed by atoms with van der Waals surface area (Å²) in [5, 5.41) is -1.49. The van der Waals surface area contributed by atoms with Crippen molar-refractivity contribution in [3.8, 4) is 5.75 Å². The van der Waals surface area contributed by atoms with E-state index in [0.29, 0.717) is 0 Å². The monoisotopic (exact) mass is 190 g/mol. The van der Waals surface area contributed by atoms with Crippen LogP contribution >= 0.6 is 11.6 Å². The lowest BCUT2D eigenvalue weighted by Crippen LogP contribution is -1.89. The van der Waals surface area contributed by atoms with Crippen LogP contribution in [-0.2, 0) is 0 Å². The Morgan fingerprint density at radius 2 is 1.75 bits per heavy atom. The first-order valence-electron chi connectivity index (χ1n) is 3.14. The van der Waals surface area contributed by atoms with Gasteiger partial charge in [0.15, 0.2) is 0 Å². The molecule has 0 spiro atoms. The van der Waals surface area contributed by atoms with Crippen LogP contribution < -0.4 is 4.74 Å². The van der Waals surface area contributed by atoms with E-state index in [4.69, 9.17) is 11.6 Å². The molecule has 0 bridgehead atoms. The van der Waals surface area contributed by atoms with Gasteiger partial charge in [0.05, 0.1) is 0 Å². The topological polar surface area (TPSA) is 9.23 Å². The van der Waals surface area contributed by atoms with Crippen molar-refractivity contribution in [3.63, 3.8) is 0 Å². The highest BCUT2D eigenvalue weighted by Crippen LogP contribution is 2.18. The Morgan fingerprint density at radius 1 is 1.17 bits per heavy atom. The largest absolute Gasteiger partial charge is 0.429 e. The molecule has 0 radical (unpaired) electrons. The number of rotatable bonds is 2. The molecule has 0 saturated carbocycles. The van der Waals surface area contributed by atoms with Crippen LogP contribution in [0.15, 0.2) is 41.6 Å². The highest BCUT2D eigenvalue weighted by atomic mass is 35.5. The second-order valence-electron chi connectivity index (χ2n) is 1.95. The maximum Gasteiger partial charge on any atom is 0.326 e. The predicted octanol–water partition coefficient (Wildman–Crippen LogP) is 3.37. The van der Waals surface area contributed by atoms with E-state index in [1.807, 2.05) is 0 Å². The number of hydrogen-bond acceptors (Lipinski definition) is 1. The SMILES string of the molecule is F/C(Cl)=C(/F)Oc1ccccc1. The fourth-order valence-corrected chi connectivity index (χ4v) is 0.669. The van der Waals surface area contributed by atoms with Crippen LogP contribution in [0.5, 0.6) is 5.75 Å². The van der Waals surface area contributed by atoms with Crippen LogP contribution in [0.1, 0.15) is 0 Å². The Labute approximate surface area is 73.2 Å². The molecule has 0 aliphatic carbocycles. The Balaban J connectivity index is 2.72. The third-order valence-corrected chi connectivity index (χ3v) is 1.25. The molecule has 1 aromatic carbocycles. The van der Waals surface area contributed by atoms with Crippen molar-refractivity contribution in [2.24, 2.45) is 0 Å². The minimum absolute atomic E-state index is 0.200. The number of benzene rings is 1. The van der Waals surface area contributed by atoms with E-state index in [1.54, 1.807) is 18.2 Å². The molecule has 1 nitrogen and oxygen atoms in total. The first-order valence-corrected chi connectivity index (χ1v) is 3.51. The van der Waals surface area contributed by atoms with E-state index >= 15 is 0 Å². The molecular weight excluding hydrogens is 186 g/mol. The van der Waals surface area contributed by atoms with E-state index in [1.165, 1.54) is 12.1 Å². The molecule has 4 heteroatoms. The fraction of sp³-hybridized carbons (Fsp3) is 0. The lowest BCUT2D eigenvalue weighted by molar-refractivity contribution is 0.285. The van der Waals surface area contributed by atoms with Gasteiger partial charge in [-0.1, -0.05) is 18.2 Å². The van der Waals surface area contributed by atoms with Crippen molar-refractivity contribution in [1.82, 2.24) is 0 Å². The van der Waals surface area contributed by atoms with Crippen molar-refractivity contribution in [2.45, 2.75) is 0 Å². The van der Waals surface area contributed by atoms with Gasteiger partial charge in [0.25, 0.3) is 5.29 Å². The van der Waals surface area contributed by atoms with Crippen LogP contribution in [0.3, 0.4) is 0 Å². The second kappa shape index (κ2) is 4.07. The molecule has 0 aliphatic rings. The predicted molar refractivity (Wildman–Crippen MR) is 42.2 cm³/mol. The minimum atomic E-state index is -1.49. The fourth-order valence-electron chi connectivity index (χ4n) is 0.631. The molecule has 0 heterocycles. The maximum atomic E-state index is 12.4. The molecular formula is C8H5ClF2O. The van der Waals surface area contributed by atoms with Gasteiger partial charge in [-0.2, -0.15) is 8.78 Å². The second-order valence-corrected chi connectivity index (χ2v) is 2.28. The summed E-state index contributed by atoms with van der Waals surface area (Å²) in [6.45, 7) is 0. The van der Waals surface area contributed by atoms with E-state index < -0.39 is 11.3 Å². The van der Waals surface area contributed by atoms with Gasteiger partial charge in [0.2, 0.25) is 0 Å². The Hall–Kier alpha value is -1.09. The molecule has 0 aliphatic heterocycles. The first-order chi connectivity index (χ1) is 5.70.